The SMILES string of the molecule is O=C(NCCCc1nc2ccccc2s1)c1n[nH]c2ccccc12. The Kier molecular flexibility index (Phi) is 3.96. The standard InChI is InChI=1S/C18H16N4OS/c23-18(17-12-6-1-2-7-13(12)21-22-17)19-11-5-10-16-20-14-8-3-4-9-15(14)24-16/h1-4,6-9H,5,10-11H2,(H,19,23)(H,21,22). The summed E-state index contributed by atoms with van der Waals surface area (Å²) in [7, 11) is 0. The second-order valence-corrected chi connectivity index (χ2v) is 6.67. The van der Waals surface area contributed by atoms with Gasteiger partial charge >= 0.3 is 0 Å². The molecule has 120 valence electrons. The molecule has 0 bridgehead atoms. The minimum atomic E-state index is -0.142. The van der Waals surface area contributed by atoms with E-state index in [0.29, 0.717) is 12.2 Å². The van der Waals surface area contributed by atoms with Crippen LogP contribution >= 0.6 is 11.3 Å². The number of hydrogen-bond donors (Lipinski definition) is 2. The second kappa shape index (κ2) is 6.41. The maximum atomic E-state index is 12.3. The maximum absolute atomic E-state index is 12.3. The molecule has 0 aliphatic rings. The van der Waals surface area contributed by atoms with Crippen molar-refractivity contribution in [1.82, 2.24) is 20.5 Å². The number of aromatic nitrogens is 3. The Morgan fingerprint density at radius 2 is 1.96 bits per heavy atom. The maximum Gasteiger partial charge on any atom is 0.272 e. The van der Waals surface area contributed by atoms with E-state index in [1.165, 1.54) is 4.70 Å². The monoisotopic (exact) mass is 336 g/mol. The molecule has 0 saturated carbocycles. The molecule has 6 heteroatoms. The van der Waals surface area contributed by atoms with E-state index in [-0.39, 0.29) is 5.91 Å². The minimum absolute atomic E-state index is 0.142. The summed E-state index contributed by atoms with van der Waals surface area (Å²) in [6.07, 6.45) is 1.72. The second-order valence-electron chi connectivity index (χ2n) is 5.55. The Morgan fingerprint density at radius 1 is 1.12 bits per heavy atom. The molecule has 4 rings (SSSR count). The third-order valence-electron chi connectivity index (χ3n) is 3.88. The fourth-order valence-electron chi connectivity index (χ4n) is 2.69. The molecule has 0 atom stereocenters. The van der Waals surface area contributed by atoms with Crippen molar-refractivity contribution in [3.05, 3.63) is 59.2 Å². The van der Waals surface area contributed by atoms with Crippen molar-refractivity contribution in [2.24, 2.45) is 0 Å². The molecule has 0 unspecified atom stereocenters. The summed E-state index contributed by atoms with van der Waals surface area (Å²) in [6, 6.07) is 15.8. The van der Waals surface area contributed by atoms with E-state index in [0.717, 1.165) is 34.3 Å². The van der Waals surface area contributed by atoms with Crippen LogP contribution in [0.1, 0.15) is 21.9 Å². The minimum Gasteiger partial charge on any atom is -0.351 e. The number of carbonyl (C=O) groups excluding carboxylic acids is 1. The van der Waals surface area contributed by atoms with Gasteiger partial charge in [0.15, 0.2) is 5.69 Å². The van der Waals surface area contributed by atoms with E-state index < -0.39 is 0 Å². The number of aromatic amines is 1. The molecule has 0 radical (unpaired) electrons. The first kappa shape index (κ1) is 14.8. The number of amides is 1. The average molecular weight is 336 g/mol. The summed E-state index contributed by atoms with van der Waals surface area (Å²) in [5.41, 5.74) is 2.37. The summed E-state index contributed by atoms with van der Waals surface area (Å²) in [4.78, 5) is 16.9. The molecular formula is C18H16N4OS. The molecule has 5 nitrogen and oxygen atoms in total. The quantitative estimate of drug-likeness (QED) is 0.548. The summed E-state index contributed by atoms with van der Waals surface area (Å²) >= 11 is 1.71. The van der Waals surface area contributed by atoms with Crippen LogP contribution in [0.2, 0.25) is 0 Å². The van der Waals surface area contributed by atoms with Gasteiger partial charge in [0.05, 0.1) is 20.7 Å². The highest BCUT2D eigenvalue weighted by atomic mass is 32.1. The molecule has 2 aromatic carbocycles. The summed E-state index contributed by atoms with van der Waals surface area (Å²) in [5.74, 6) is -0.142. The van der Waals surface area contributed by atoms with Crippen molar-refractivity contribution in [3.63, 3.8) is 0 Å². The molecule has 0 spiro atoms. The molecule has 2 aromatic heterocycles. The predicted molar refractivity (Wildman–Crippen MR) is 96.4 cm³/mol. The molecule has 4 aromatic rings. The third-order valence-corrected chi connectivity index (χ3v) is 4.97. The van der Waals surface area contributed by atoms with Crippen molar-refractivity contribution < 1.29 is 4.79 Å². The van der Waals surface area contributed by atoms with Crippen LogP contribution in [-0.2, 0) is 6.42 Å². The number of para-hydroxylation sites is 2. The number of carbonyl (C=O) groups is 1. The highest BCUT2D eigenvalue weighted by Crippen LogP contribution is 2.22. The van der Waals surface area contributed by atoms with Crippen molar-refractivity contribution in [2.75, 3.05) is 6.54 Å². The Bertz CT molecular complexity index is 971. The normalized spacial score (nSPS) is 11.2. The highest BCUT2D eigenvalue weighted by Gasteiger charge is 2.13. The highest BCUT2D eigenvalue weighted by molar-refractivity contribution is 7.18. The first-order valence-electron chi connectivity index (χ1n) is 7.87. The molecule has 0 fully saturated rings. The topological polar surface area (TPSA) is 70.7 Å². The summed E-state index contributed by atoms with van der Waals surface area (Å²) < 4.78 is 1.21. The van der Waals surface area contributed by atoms with Gasteiger partial charge in [-0.05, 0) is 24.6 Å². The van der Waals surface area contributed by atoms with Gasteiger partial charge in [0.25, 0.3) is 5.91 Å². The lowest BCUT2D eigenvalue weighted by molar-refractivity contribution is 0.0950. The fourth-order valence-corrected chi connectivity index (χ4v) is 3.70. The van der Waals surface area contributed by atoms with Gasteiger partial charge < -0.3 is 5.32 Å². The van der Waals surface area contributed by atoms with Crippen LogP contribution in [0, 0.1) is 0 Å². The van der Waals surface area contributed by atoms with Crippen molar-refractivity contribution >= 4 is 38.4 Å². The molecule has 1 amide bonds. The van der Waals surface area contributed by atoms with Gasteiger partial charge in [0.2, 0.25) is 0 Å². The van der Waals surface area contributed by atoms with Gasteiger partial charge in [-0.1, -0.05) is 30.3 Å². The van der Waals surface area contributed by atoms with E-state index in [1.807, 2.05) is 42.5 Å². The first-order valence-corrected chi connectivity index (χ1v) is 8.69. The summed E-state index contributed by atoms with van der Waals surface area (Å²) in [5, 5.41) is 11.9. The lowest BCUT2D eigenvalue weighted by Gasteiger charge is -2.02. The Hall–Kier alpha value is -2.73. The van der Waals surface area contributed by atoms with Crippen LogP contribution < -0.4 is 5.32 Å². The number of H-pyrrole nitrogens is 1. The number of rotatable bonds is 5. The van der Waals surface area contributed by atoms with Gasteiger partial charge in [0, 0.05) is 18.4 Å². The predicted octanol–water partition coefficient (Wildman–Crippen LogP) is 3.54. The Balaban J connectivity index is 1.34. The lowest BCUT2D eigenvalue weighted by atomic mass is 10.2. The first-order chi connectivity index (χ1) is 11.8. The third kappa shape index (κ3) is 2.88. The number of benzene rings is 2. The zero-order valence-corrected chi connectivity index (χ0v) is 13.8. The molecule has 0 saturated heterocycles. The number of fused-ring (bicyclic) bond motifs is 2. The van der Waals surface area contributed by atoms with Gasteiger partial charge in [-0.15, -0.1) is 11.3 Å². The van der Waals surface area contributed by atoms with Crippen molar-refractivity contribution in [1.29, 1.82) is 0 Å². The molecule has 2 heterocycles. The lowest BCUT2D eigenvalue weighted by Crippen LogP contribution is -2.25. The van der Waals surface area contributed by atoms with Crippen LogP contribution in [0.25, 0.3) is 21.1 Å². The number of nitrogens with one attached hydrogen (secondary N) is 2. The number of aryl methyl sites for hydroxylation is 1. The molecule has 0 aliphatic carbocycles. The number of nitrogens with zero attached hydrogens (tertiary/aromatic N) is 2. The Morgan fingerprint density at radius 3 is 2.88 bits per heavy atom. The van der Waals surface area contributed by atoms with Crippen LogP contribution in [0.5, 0.6) is 0 Å². The zero-order valence-electron chi connectivity index (χ0n) is 13.0. The largest absolute Gasteiger partial charge is 0.351 e. The summed E-state index contributed by atoms with van der Waals surface area (Å²) in [6.45, 7) is 0.607. The van der Waals surface area contributed by atoms with Gasteiger partial charge in [-0.25, -0.2) is 4.98 Å². The van der Waals surface area contributed by atoms with Gasteiger partial charge in [0.1, 0.15) is 0 Å². The fraction of sp³-hybridized carbons (Fsp3) is 0.167. The van der Waals surface area contributed by atoms with Crippen LogP contribution in [-0.4, -0.2) is 27.6 Å². The molecular weight excluding hydrogens is 320 g/mol. The van der Waals surface area contributed by atoms with Crippen molar-refractivity contribution in [3.8, 4) is 0 Å². The van der Waals surface area contributed by atoms with Crippen molar-refractivity contribution in [2.45, 2.75) is 12.8 Å². The average Bonchev–Trinajstić information content (AvgIpc) is 3.22. The number of hydrogen-bond acceptors (Lipinski definition) is 4. The molecule has 0 aliphatic heterocycles. The van der Waals surface area contributed by atoms with E-state index >= 15 is 0 Å². The van der Waals surface area contributed by atoms with E-state index in [4.69, 9.17) is 0 Å². The van der Waals surface area contributed by atoms with Gasteiger partial charge in [-0.3, -0.25) is 9.89 Å². The van der Waals surface area contributed by atoms with Crippen LogP contribution in [0.4, 0.5) is 0 Å². The Labute approximate surface area is 142 Å². The smallest absolute Gasteiger partial charge is 0.272 e. The van der Waals surface area contributed by atoms with Crippen LogP contribution in [0.3, 0.4) is 0 Å². The van der Waals surface area contributed by atoms with E-state index in [1.54, 1.807) is 11.3 Å². The molecule has 24 heavy (non-hydrogen) atoms. The molecule has 2 N–H and O–H groups in total. The van der Waals surface area contributed by atoms with Crippen LogP contribution in [0.15, 0.2) is 48.5 Å². The van der Waals surface area contributed by atoms with E-state index in [2.05, 4.69) is 26.6 Å². The van der Waals surface area contributed by atoms with E-state index in [9.17, 15) is 4.79 Å². The number of thiazole rings is 1. The van der Waals surface area contributed by atoms with Gasteiger partial charge in [-0.2, -0.15) is 5.10 Å². The zero-order chi connectivity index (χ0) is 16.4.